The SMILES string of the molecule is O.O.O[Si](O)(O)O.[Ca+2].[H-].[H-]. The Labute approximate surface area is 79.5 Å². The van der Waals surface area contributed by atoms with Gasteiger partial charge in [-0.15, -0.1) is 0 Å². The predicted octanol–water partition coefficient (Wildman–Crippen LogP) is -4.41. The van der Waals surface area contributed by atoms with Crippen LogP contribution in [0.3, 0.4) is 0 Å². The predicted molar refractivity (Wildman–Crippen MR) is 29.8 cm³/mol. The van der Waals surface area contributed by atoms with E-state index in [0.717, 1.165) is 0 Å². The van der Waals surface area contributed by atoms with Gasteiger partial charge >= 0.3 is 46.8 Å². The van der Waals surface area contributed by atoms with E-state index in [1.54, 1.807) is 0 Å². The van der Waals surface area contributed by atoms with Gasteiger partial charge in [-0.3, -0.25) is 0 Å². The summed E-state index contributed by atoms with van der Waals surface area (Å²) in [5, 5.41) is 0. The molecule has 6 nitrogen and oxygen atoms in total. The van der Waals surface area contributed by atoms with Crippen molar-refractivity contribution in [3.05, 3.63) is 0 Å². The van der Waals surface area contributed by atoms with Crippen LogP contribution in [0.2, 0.25) is 0 Å². The van der Waals surface area contributed by atoms with Crippen molar-refractivity contribution in [1.29, 1.82) is 0 Å². The van der Waals surface area contributed by atoms with Gasteiger partial charge in [0.15, 0.2) is 0 Å². The third-order valence-electron chi connectivity index (χ3n) is 0. The summed E-state index contributed by atoms with van der Waals surface area (Å²) >= 11 is 0. The van der Waals surface area contributed by atoms with Crippen molar-refractivity contribution >= 4 is 46.8 Å². The van der Waals surface area contributed by atoms with Crippen LogP contribution in [0.5, 0.6) is 0 Å². The summed E-state index contributed by atoms with van der Waals surface area (Å²) in [6, 6.07) is 0. The molecule has 0 unspecified atom stereocenters. The second kappa shape index (κ2) is 8.24. The third-order valence-corrected chi connectivity index (χ3v) is 0. The van der Waals surface area contributed by atoms with Crippen molar-refractivity contribution in [2.45, 2.75) is 0 Å². The molecule has 0 aliphatic carbocycles. The topological polar surface area (TPSA) is 144 Å². The Bertz CT molecular complexity index is 31.2. The number of hydrogen-bond donors (Lipinski definition) is 4. The van der Waals surface area contributed by atoms with Gasteiger partial charge in [-0.1, -0.05) is 0 Å². The minimum absolute atomic E-state index is 0. The first-order valence-electron chi connectivity index (χ1n) is 0.894. The van der Waals surface area contributed by atoms with Crippen molar-refractivity contribution in [1.82, 2.24) is 0 Å². The molecule has 0 spiro atoms. The first-order valence-corrected chi connectivity index (χ1v) is 2.68. The van der Waals surface area contributed by atoms with Gasteiger partial charge in [0.2, 0.25) is 0 Å². The second-order valence-corrected chi connectivity index (χ2v) is 1.80. The molecule has 8 heavy (non-hydrogen) atoms. The van der Waals surface area contributed by atoms with E-state index < -0.39 is 9.05 Å². The Morgan fingerprint density at radius 2 is 0.875 bits per heavy atom. The van der Waals surface area contributed by atoms with E-state index in [1.807, 2.05) is 0 Å². The molecular weight excluding hydrogens is 164 g/mol. The maximum absolute atomic E-state index is 7.33. The monoisotopic (exact) mass is 174 g/mol. The Morgan fingerprint density at radius 1 is 0.875 bits per heavy atom. The summed E-state index contributed by atoms with van der Waals surface area (Å²) in [7, 11) is -4.61. The Balaban J connectivity index is -0.00000000800. The molecule has 0 aromatic heterocycles. The molecule has 0 aliphatic rings. The van der Waals surface area contributed by atoms with Crippen LogP contribution in [0.15, 0.2) is 0 Å². The molecule has 0 saturated heterocycles. The van der Waals surface area contributed by atoms with Crippen molar-refractivity contribution in [2.24, 2.45) is 0 Å². The molecule has 8 N–H and O–H groups in total. The number of hydrogen-bond acceptors (Lipinski definition) is 4. The average Bonchev–Trinajstić information content (AvgIpc) is 0.722. The van der Waals surface area contributed by atoms with E-state index in [1.165, 1.54) is 0 Å². The molecule has 0 heterocycles. The van der Waals surface area contributed by atoms with Gasteiger partial charge in [-0.05, 0) is 0 Å². The third kappa shape index (κ3) is 184. The summed E-state index contributed by atoms with van der Waals surface area (Å²) in [6.07, 6.45) is 0. The maximum atomic E-state index is 7.33. The van der Waals surface area contributed by atoms with Gasteiger partial charge in [-0.2, -0.15) is 0 Å². The van der Waals surface area contributed by atoms with Gasteiger partial charge in [0.1, 0.15) is 0 Å². The van der Waals surface area contributed by atoms with Crippen LogP contribution >= 0.6 is 0 Å². The van der Waals surface area contributed by atoms with Crippen molar-refractivity contribution in [3.8, 4) is 0 Å². The fourth-order valence-corrected chi connectivity index (χ4v) is 0. The van der Waals surface area contributed by atoms with Gasteiger partial charge in [-0.25, -0.2) is 0 Å². The molecule has 0 aliphatic heterocycles. The molecule has 0 atom stereocenters. The first kappa shape index (κ1) is 22.9. The van der Waals surface area contributed by atoms with Crippen LogP contribution in [-0.4, -0.2) is 76.9 Å². The fraction of sp³-hybridized carbons (Fsp3) is 0. The molecule has 0 rings (SSSR count). The quantitative estimate of drug-likeness (QED) is 0.275. The van der Waals surface area contributed by atoms with E-state index in [0.29, 0.717) is 0 Å². The second-order valence-electron chi connectivity index (χ2n) is 0.600. The van der Waals surface area contributed by atoms with Crippen LogP contribution < -0.4 is 0 Å². The minimum Gasteiger partial charge on any atom is -1.00 e. The van der Waals surface area contributed by atoms with Gasteiger partial charge in [0.25, 0.3) is 0 Å². The summed E-state index contributed by atoms with van der Waals surface area (Å²) in [5.41, 5.74) is 0. The van der Waals surface area contributed by atoms with Crippen LogP contribution in [0.25, 0.3) is 0 Å². The standard InChI is InChI=1S/Ca.H4O4Si.2H2O.2H/c;1-5(2,3)4;;;;/h;1-4H;2*1H2;;/q+2;;;;2*-1. The van der Waals surface area contributed by atoms with E-state index in [-0.39, 0.29) is 51.5 Å². The Morgan fingerprint density at radius 3 is 0.875 bits per heavy atom. The smallest absolute Gasteiger partial charge is 1.00 e. The molecule has 52 valence electrons. The van der Waals surface area contributed by atoms with Crippen LogP contribution in [-0.2, 0) is 0 Å². The summed E-state index contributed by atoms with van der Waals surface area (Å²) < 4.78 is 0. The fourth-order valence-electron chi connectivity index (χ4n) is 0. The van der Waals surface area contributed by atoms with Crippen LogP contribution in [0.1, 0.15) is 2.85 Å². The normalized spacial score (nSPS) is 7.50. The maximum Gasteiger partial charge on any atom is 2.00 e. The van der Waals surface area contributed by atoms with Crippen LogP contribution in [0, 0.1) is 0 Å². The minimum atomic E-state index is -4.61. The summed E-state index contributed by atoms with van der Waals surface area (Å²) in [5.74, 6) is 0. The van der Waals surface area contributed by atoms with Crippen LogP contribution in [0.4, 0.5) is 0 Å². The first-order chi connectivity index (χ1) is 2.00. The Kier molecular flexibility index (Phi) is 23.5. The Hall–Kier alpha value is 1.24. The summed E-state index contributed by atoms with van der Waals surface area (Å²) in [6.45, 7) is 0. The molecule has 0 amide bonds. The zero-order valence-electron chi connectivity index (χ0n) is 6.00. The zero-order valence-corrected chi connectivity index (χ0v) is 7.20. The summed E-state index contributed by atoms with van der Waals surface area (Å²) in [4.78, 5) is 29.3. The van der Waals surface area contributed by atoms with E-state index in [4.69, 9.17) is 19.2 Å². The molecule has 0 fully saturated rings. The van der Waals surface area contributed by atoms with Gasteiger partial charge in [0, 0.05) is 0 Å². The van der Waals surface area contributed by atoms with Crippen molar-refractivity contribution in [3.63, 3.8) is 0 Å². The van der Waals surface area contributed by atoms with E-state index in [9.17, 15) is 0 Å². The number of rotatable bonds is 0. The zero-order chi connectivity index (χ0) is 4.50. The van der Waals surface area contributed by atoms with Gasteiger partial charge < -0.3 is 33.0 Å². The van der Waals surface area contributed by atoms with Crippen molar-refractivity contribution < 1.29 is 33.0 Å². The molecule has 0 aromatic rings. The average molecular weight is 174 g/mol. The molecule has 0 saturated carbocycles. The van der Waals surface area contributed by atoms with E-state index in [2.05, 4.69) is 0 Å². The van der Waals surface area contributed by atoms with E-state index >= 15 is 0 Å². The van der Waals surface area contributed by atoms with Crippen molar-refractivity contribution in [2.75, 3.05) is 0 Å². The molecule has 0 aromatic carbocycles. The largest absolute Gasteiger partial charge is 2.00 e. The molecular formula is H10CaO6Si. The molecule has 0 bridgehead atoms. The molecule has 8 heteroatoms. The van der Waals surface area contributed by atoms with Gasteiger partial charge in [0.05, 0.1) is 0 Å². The molecule has 0 radical (unpaired) electrons.